The molecule has 3 N–H and O–H groups in total. The fraction of sp³-hybridized carbons (Fsp3) is 0.533. The Bertz CT molecular complexity index is 457. The molecular weight excluding hydrogens is 258 g/mol. The summed E-state index contributed by atoms with van der Waals surface area (Å²) in [7, 11) is 0. The lowest BCUT2D eigenvalue weighted by atomic mass is 10.1. The Labute approximate surface area is 119 Å². The third-order valence-corrected chi connectivity index (χ3v) is 2.94. The highest BCUT2D eigenvalue weighted by Gasteiger charge is 2.19. The lowest BCUT2D eigenvalue weighted by Gasteiger charge is -2.20. The number of hydrogen-bond acceptors (Lipinski definition) is 4. The third kappa shape index (κ3) is 5.59. The number of carbonyl (C=O) groups excluding carboxylic acids is 1. The summed E-state index contributed by atoms with van der Waals surface area (Å²) in [4.78, 5) is 11.6. The summed E-state index contributed by atoms with van der Waals surface area (Å²) in [5.41, 5.74) is 0.845. The number of hydrogen-bond donors (Lipinski definition) is 3. The Morgan fingerprint density at radius 3 is 2.75 bits per heavy atom. The fourth-order valence-corrected chi connectivity index (χ4v) is 1.55. The summed E-state index contributed by atoms with van der Waals surface area (Å²) in [6, 6.07) is 5.92. The molecule has 1 rings (SSSR count). The Kier molecular flexibility index (Phi) is 5.98. The molecule has 1 unspecified atom stereocenters. The van der Waals surface area contributed by atoms with Gasteiger partial charge in [0.1, 0.15) is 11.4 Å². The van der Waals surface area contributed by atoms with Crippen molar-refractivity contribution in [1.82, 2.24) is 5.32 Å². The van der Waals surface area contributed by atoms with E-state index in [2.05, 4.69) is 5.32 Å². The largest absolute Gasteiger partial charge is 0.493 e. The summed E-state index contributed by atoms with van der Waals surface area (Å²) in [5.74, 6) is 0.559. The van der Waals surface area contributed by atoms with Crippen LogP contribution in [-0.4, -0.2) is 41.5 Å². The van der Waals surface area contributed by atoms with E-state index < -0.39 is 12.2 Å². The van der Waals surface area contributed by atoms with Gasteiger partial charge in [0.25, 0.3) is 0 Å². The van der Waals surface area contributed by atoms with Crippen LogP contribution in [0.4, 0.5) is 0 Å². The van der Waals surface area contributed by atoms with Crippen LogP contribution in [0.1, 0.15) is 24.5 Å². The highest BCUT2D eigenvalue weighted by Crippen LogP contribution is 2.19. The summed E-state index contributed by atoms with van der Waals surface area (Å²) < 4.78 is 5.57. The van der Waals surface area contributed by atoms with Gasteiger partial charge < -0.3 is 20.3 Å². The van der Waals surface area contributed by atoms with Gasteiger partial charge in [-0.3, -0.25) is 4.79 Å². The molecule has 1 atom stereocenters. The first-order chi connectivity index (χ1) is 9.34. The molecule has 0 heterocycles. The van der Waals surface area contributed by atoms with Crippen LogP contribution >= 0.6 is 0 Å². The number of nitrogens with one attached hydrogen (secondary N) is 1. The van der Waals surface area contributed by atoms with Crippen molar-refractivity contribution in [3.8, 4) is 5.75 Å². The first-order valence-corrected chi connectivity index (χ1v) is 6.64. The standard InChI is InChI=1S/C15H23NO4/c1-11-4-5-12(2)13(8-11)20-7-6-14(18)16-9-15(3,19)10-17/h4-5,8,17,19H,6-7,9-10H2,1-3H3,(H,16,18). The molecular formula is C15H23NO4. The van der Waals surface area contributed by atoms with Crippen LogP contribution in [0.3, 0.4) is 0 Å². The lowest BCUT2D eigenvalue weighted by Crippen LogP contribution is -2.43. The van der Waals surface area contributed by atoms with Crippen LogP contribution < -0.4 is 10.1 Å². The van der Waals surface area contributed by atoms with E-state index in [0.29, 0.717) is 0 Å². The highest BCUT2D eigenvalue weighted by molar-refractivity contribution is 5.76. The predicted octanol–water partition coefficient (Wildman–Crippen LogP) is 0.932. The van der Waals surface area contributed by atoms with E-state index in [-0.39, 0.29) is 25.5 Å². The maximum atomic E-state index is 11.6. The minimum atomic E-state index is -1.29. The van der Waals surface area contributed by atoms with E-state index in [9.17, 15) is 9.90 Å². The van der Waals surface area contributed by atoms with Crippen LogP contribution in [0, 0.1) is 13.8 Å². The molecule has 112 valence electrons. The minimum absolute atomic E-state index is 0.0196. The van der Waals surface area contributed by atoms with Crippen molar-refractivity contribution in [1.29, 1.82) is 0 Å². The van der Waals surface area contributed by atoms with Gasteiger partial charge in [0.05, 0.1) is 19.6 Å². The van der Waals surface area contributed by atoms with Gasteiger partial charge in [-0.25, -0.2) is 0 Å². The Morgan fingerprint density at radius 1 is 1.40 bits per heavy atom. The minimum Gasteiger partial charge on any atom is -0.493 e. The molecule has 1 aromatic rings. The van der Waals surface area contributed by atoms with Crippen molar-refractivity contribution in [2.45, 2.75) is 32.8 Å². The summed E-state index contributed by atoms with van der Waals surface area (Å²) in [6.45, 7) is 5.29. The molecule has 0 saturated heterocycles. The van der Waals surface area contributed by atoms with Crippen LogP contribution in [0.15, 0.2) is 18.2 Å². The lowest BCUT2D eigenvalue weighted by molar-refractivity contribution is -0.123. The SMILES string of the molecule is Cc1ccc(C)c(OCCC(=O)NCC(C)(O)CO)c1. The predicted molar refractivity (Wildman–Crippen MR) is 76.7 cm³/mol. The second kappa shape index (κ2) is 7.26. The Morgan fingerprint density at radius 2 is 2.10 bits per heavy atom. The molecule has 5 heteroatoms. The number of amides is 1. The van der Waals surface area contributed by atoms with E-state index >= 15 is 0 Å². The van der Waals surface area contributed by atoms with E-state index in [1.807, 2.05) is 32.0 Å². The molecule has 0 bridgehead atoms. The smallest absolute Gasteiger partial charge is 0.223 e. The van der Waals surface area contributed by atoms with Gasteiger partial charge in [0.2, 0.25) is 5.91 Å². The average Bonchev–Trinajstić information content (AvgIpc) is 2.40. The second-order valence-corrected chi connectivity index (χ2v) is 5.30. The molecule has 0 aliphatic heterocycles. The van der Waals surface area contributed by atoms with Crippen molar-refractivity contribution >= 4 is 5.91 Å². The number of aliphatic hydroxyl groups excluding tert-OH is 1. The molecule has 0 aliphatic carbocycles. The van der Waals surface area contributed by atoms with E-state index in [1.54, 1.807) is 0 Å². The normalized spacial score (nSPS) is 13.7. The van der Waals surface area contributed by atoms with Crippen molar-refractivity contribution in [3.05, 3.63) is 29.3 Å². The first kappa shape index (κ1) is 16.5. The molecule has 0 aromatic heterocycles. The van der Waals surface area contributed by atoms with Crippen molar-refractivity contribution < 1.29 is 19.7 Å². The molecule has 0 spiro atoms. The topological polar surface area (TPSA) is 78.8 Å². The van der Waals surface area contributed by atoms with Gasteiger partial charge in [0, 0.05) is 6.54 Å². The van der Waals surface area contributed by atoms with Gasteiger partial charge in [-0.1, -0.05) is 12.1 Å². The van der Waals surface area contributed by atoms with Crippen LogP contribution in [0.25, 0.3) is 0 Å². The summed E-state index contributed by atoms with van der Waals surface area (Å²) in [6.07, 6.45) is 0.203. The zero-order valence-electron chi connectivity index (χ0n) is 12.3. The first-order valence-electron chi connectivity index (χ1n) is 6.64. The zero-order chi connectivity index (χ0) is 15.2. The highest BCUT2D eigenvalue weighted by atomic mass is 16.5. The monoisotopic (exact) mass is 281 g/mol. The molecule has 0 fully saturated rings. The number of ether oxygens (including phenoxy) is 1. The number of benzene rings is 1. The van der Waals surface area contributed by atoms with E-state index in [1.165, 1.54) is 6.92 Å². The number of rotatable bonds is 7. The summed E-state index contributed by atoms with van der Waals surface area (Å²) >= 11 is 0. The van der Waals surface area contributed by atoms with Gasteiger partial charge in [-0.2, -0.15) is 0 Å². The fourth-order valence-electron chi connectivity index (χ4n) is 1.55. The second-order valence-electron chi connectivity index (χ2n) is 5.30. The molecule has 20 heavy (non-hydrogen) atoms. The summed E-state index contributed by atoms with van der Waals surface area (Å²) in [5, 5.41) is 21.0. The van der Waals surface area contributed by atoms with Gasteiger partial charge in [-0.15, -0.1) is 0 Å². The van der Waals surface area contributed by atoms with Crippen LogP contribution in [0.5, 0.6) is 5.75 Å². The Hall–Kier alpha value is -1.59. The Balaban J connectivity index is 2.33. The van der Waals surface area contributed by atoms with Gasteiger partial charge >= 0.3 is 0 Å². The molecule has 0 radical (unpaired) electrons. The third-order valence-electron chi connectivity index (χ3n) is 2.94. The van der Waals surface area contributed by atoms with Crippen molar-refractivity contribution in [2.24, 2.45) is 0 Å². The van der Waals surface area contributed by atoms with Gasteiger partial charge in [0.15, 0.2) is 0 Å². The quantitative estimate of drug-likeness (QED) is 0.695. The van der Waals surface area contributed by atoms with Crippen molar-refractivity contribution in [2.75, 3.05) is 19.8 Å². The van der Waals surface area contributed by atoms with E-state index in [4.69, 9.17) is 9.84 Å². The maximum absolute atomic E-state index is 11.6. The molecule has 0 saturated carbocycles. The molecule has 1 amide bonds. The zero-order valence-corrected chi connectivity index (χ0v) is 12.3. The van der Waals surface area contributed by atoms with Crippen LogP contribution in [-0.2, 0) is 4.79 Å². The number of aryl methyl sites for hydroxylation is 2. The maximum Gasteiger partial charge on any atom is 0.223 e. The average molecular weight is 281 g/mol. The van der Waals surface area contributed by atoms with Gasteiger partial charge in [-0.05, 0) is 38.0 Å². The van der Waals surface area contributed by atoms with Crippen molar-refractivity contribution in [3.63, 3.8) is 0 Å². The molecule has 1 aromatic carbocycles. The molecule has 0 aliphatic rings. The number of carbonyl (C=O) groups is 1. The van der Waals surface area contributed by atoms with E-state index in [0.717, 1.165) is 16.9 Å². The number of aliphatic hydroxyl groups is 2. The molecule has 5 nitrogen and oxygen atoms in total. The van der Waals surface area contributed by atoms with Crippen LogP contribution in [0.2, 0.25) is 0 Å².